The van der Waals surface area contributed by atoms with Crippen LogP contribution < -0.4 is 4.74 Å². The van der Waals surface area contributed by atoms with Gasteiger partial charge in [-0.15, -0.1) is 0 Å². The summed E-state index contributed by atoms with van der Waals surface area (Å²) >= 11 is 0. The summed E-state index contributed by atoms with van der Waals surface area (Å²) in [4.78, 5) is 14.2. The highest BCUT2D eigenvalue weighted by atomic mass is 16.5. The van der Waals surface area contributed by atoms with Gasteiger partial charge in [0, 0.05) is 6.20 Å². The Morgan fingerprint density at radius 3 is 3.14 bits per heavy atom. The molecule has 0 amide bonds. The highest BCUT2D eigenvalue weighted by molar-refractivity contribution is 5.68. The fourth-order valence-electron chi connectivity index (χ4n) is 0.859. The predicted octanol–water partition coefficient (Wildman–Crippen LogP) is 0.916. The number of pyridine rings is 1. The summed E-state index contributed by atoms with van der Waals surface area (Å²) in [5.41, 5.74) is 0.455. The van der Waals surface area contributed by atoms with E-state index in [0.29, 0.717) is 11.4 Å². The Balaban J connectivity index is 2.82. The zero-order valence-corrected chi connectivity index (χ0v) is 7.65. The number of hydrogen-bond donors (Lipinski definition) is 1. The van der Waals surface area contributed by atoms with Crippen LogP contribution in [0.5, 0.6) is 5.75 Å². The minimum Gasteiger partial charge on any atom is -0.479 e. The molecule has 72 valence electrons. The van der Waals surface area contributed by atoms with Crippen LogP contribution in [-0.2, 0) is 4.79 Å². The van der Waals surface area contributed by atoms with Crippen molar-refractivity contribution in [2.75, 3.05) is 6.61 Å². The molecule has 0 aliphatic rings. The van der Waals surface area contributed by atoms with Crippen molar-refractivity contribution < 1.29 is 14.6 Å². The first-order valence-corrected chi connectivity index (χ1v) is 3.96. The largest absolute Gasteiger partial charge is 0.479 e. The van der Waals surface area contributed by atoms with Crippen LogP contribution in [0.4, 0.5) is 0 Å². The lowest BCUT2D eigenvalue weighted by molar-refractivity contribution is -0.139. The molecule has 0 saturated heterocycles. The zero-order valence-electron chi connectivity index (χ0n) is 7.65. The Hall–Kier alpha value is -2.02. The van der Waals surface area contributed by atoms with Crippen molar-refractivity contribution in [3.8, 4) is 17.6 Å². The number of carboxylic acid groups (broad SMARTS) is 1. The topological polar surface area (TPSA) is 59.4 Å². The Morgan fingerprint density at radius 2 is 2.50 bits per heavy atom. The van der Waals surface area contributed by atoms with E-state index >= 15 is 0 Å². The van der Waals surface area contributed by atoms with E-state index < -0.39 is 5.97 Å². The lowest BCUT2D eigenvalue weighted by Gasteiger charge is -2.03. The molecular formula is C10H9NO3. The van der Waals surface area contributed by atoms with Crippen LogP contribution in [0, 0.1) is 11.8 Å². The highest BCUT2D eigenvalue weighted by Crippen LogP contribution is 2.13. The van der Waals surface area contributed by atoms with E-state index in [9.17, 15) is 4.79 Å². The molecule has 4 heteroatoms. The molecule has 0 saturated carbocycles. The van der Waals surface area contributed by atoms with E-state index in [1.807, 2.05) is 0 Å². The maximum absolute atomic E-state index is 10.3. The van der Waals surface area contributed by atoms with Crippen molar-refractivity contribution in [1.29, 1.82) is 0 Å². The summed E-state index contributed by atoms with van der Waals surface area (Å²) in [5.74, 6) is 4.76. The number of hydrogen-bond acceptors (Lipinski definition) is 3. The van der Waals surface area contributed by atoms with Crippen molar-refractivity contribution in [3.63, 3.8) is 0 Å². The minimum atomic E-state index is -1.02. The number of aliphatic carboxylic acids is 1. The van der Waals surface area contributed by atoms with Crippen LogP contribution in [-0.4, -0.2) is 22.7 Å². The Morgan fingerprint density at radius 1 is 1.71 bits per heavy atom. The number of ether oxygens (including phenoxy) is 1. The molecular weight excluding hydrogens is 182 g/mol. The van der Waals surface area contributed by atoms with Gasteiger partial charge in [0.15, 0.2) is 18.1 Å². The summed E-state index contributed by atoms with van der Waals surface area (Å²) in [6.45, 7) is 1.29. The molecule has 0 unspecified atom stereocenters. The summed E-state index contributed by atoms with van der Waals surface area (Å²) in [7, 11) is 0. The molecule has 1 aromatic heterocycles. The number of aromatic nitrogens is 1. The first kappa shape index (κ1) is 10.1. The maximum atomic E-state index is 10.3. The molecule has 1 aromatic rings. The molecule has 0 fully saturated rings. The van der Waals surface area contributed by atoms with Crippen LogP contribution in [0.15, 0.2) is 18.3 Å². The molecule has 0 aliphatic carbocycles. The van der Waals surface area contributed by atoms with Crippen molar-refractivity contribution in [2.45, 2.75) is 6.92 Å². The lowest BCUT2D eigenvalue weighted by Crippen LogP contribution is -2.10. The second-order valence-corrected chi connectivity index (χ2v) is 2.41. The van der Waals surface area contributed by atoms with Gasteiger partial charge in [-0.2, -0.15) is 0 Å². The van der Waals surface area contributed by atoms with Crippen molar-refractivity contribution in [2.24, 2.45) is 0 Å². The van der Waals surface area contributed by atoms with Gasteiger partial charge in [-0.25, -0.2) is 9.78 Å². The van der Waals surface area contributed by atoms with Gasteiger partial charge in [0.1, 0.15) is 0 Å². The maximum Gasteiger partial charge on any atom is 0.341 e. The monoisotopic (exact) mass is 191 g/mol. The van der Waals surface area contributed by atoms with Crippen LogP contribution >= 0.6 is 0 Å². The average Bonchev–Trinajstić information content (AvgIpc) is 2.17. The number of carbonyl (C=O) groups is 1. The molecule has 14 heavy (non-hydrogen) atoms. The van der Waals surface area contributed by atoms with E-state index in [2.05, 4.69) is 16.8 Å². The van der Waals surface area contributed by atoms with Gasteiger partial charge >= 0.3 is 5.97 Å². The van der Waals surface area contributed by atoms with Gasteiger partial charge < -0.3 is 9.84 Å². The SMILES string of the molecule is CC#Cc1ncccc1OCC(=O)O. The number of rotatable bonds is 3. The smallest absolute Gasteiger partial charge is 0.341 e. The predicted molar refractivity (Wildman–Crippen MR) is 49.9 cm³/mol. The molecule has 0 aliphatic heterocycles. The van der Waals surface area contributed by atoms with Gasteiger partial charge in [0.05, 0.1) is 0 Å². The molecule has 1 heterocycles. The summed E-state index contributed by atoms with van der Waals surface area (Å²) < 4.78 is 4.99. The molecule has 0 radical (unpaired) electrons. The molecule has 0 bridgehead atoms. The number of nitrogens with zero attached hydrogens (tertiary/aromatic N) is 1. The van der Waals surface area contributed by atoms with E-state index in [1.54, 1.807) is 25.3 Å². The van der Waals surface area contributed by atoms with E-state index in [1.165, 1.54) is 0 Å². The normalized spacial score (nSPS) is 8.64. The summed E-state index contributed by atoms with van der Waals surface area (Å²) in [5, 5.41) is 8.41. The highest BCUT2D eigenvalue weighted by Gasteiger charge is 2.03. The van der Waals surface area contributed by atoms with Crippen LogP contribution in [0.1, 0.15) is 12.6 Å². The minimum absolute atomic E-state index is 0.385. The first-order chi connectivity index (χ1) is 6.74. The van der Waals surface area contributed by atoms with Crippen molar-refractivity contribution in [1.82, 2.24) is 4.98 Å². The van der Waals surface area contributed by atoms with Gasteiger partial charge in [0.25, 0.3) is 0 Å². The third-order valence-electron chi connectivity index (χ3n) is 1.37. The Kier molecular flexibility index (Phi) is 3.50. The molecule has 1 rings (SSSR count). The van der Waals surface area contributed by atoms with Gasteiger partial charge in [-0.3, -0.25) is 0 Å². The third-order valence-corrected chi connectivity index (χ3v) is 1.37. The molecule has 1 N–H and O–H groups in total. The van der Waals surface area contributed by atoms with Gasteiger partial charge in [0.2, 0.25) is 0 Å². The summed E-state index contributed by atoms with van der Waals surface area (Å²) in [6.07, 6.45) is 1.58. The van der Waals surface area contributed by atoms with Crippen LogP contribution in [0.3, 0.4) is 0 Å². The van der Waals surface area contributed by atoms with E-state index in [4.69, 9.17) is 9.84 Å². The second kappa shape index (κ2) is 4.87. The van der Waals surface area contributed by atoms with E-state index in [-0.39, 0.29) is 6.61 Å². The first-order valence-electron chi connectivity index (χ1n) is 3.96. The number of carboxylic acids is 1. The molecule has 0 atom stereocenters. The van der Waals surface area contributed by atoms with Crippen LogP contribution in [0.25, 0.3) is 0 Å². The van der Waals surface area contributed by atoms with Crippen molar-refractivity contribution in [3.05, 3.63) is 24.0 Å². The zero-order chi connectivity index (χ0) is 10.4. The Bertz CT molecular complexity index is 390. The molecule has 0 spiro atoms. The quantitative estimate of drug-likeness (QED) is 0.721. The summed E-state index contributed by atoms with van der Waals surface area (Å²) in [6, 6.07) is 3.30. The third kappa shape index (κ3) is 2.79. The Labute approximate surface area is 81.5 Å². The fourth-order valence-corrected chi connectivity index (χ4v) is 0.859. The molecule has 0 aromatic carbocycles. The van der Waals surface area contributed by atoms with Gasteiger partial charge in [-0.05, 0) is 25.0 Å². The average molecular weight is 191 g/mol. The standard InChI is InChI=1S/C10H9NO3/c1-2-4-8-9(5-3-6-11-8)14-7-10(12)13/h3,5-6H,7H2,1H3,(H,12,13). The second-order valence-electron chi connectivity index (χ2n) is 2.41. The van der Waals surface area contributed by atoms with E-state index in [0.717, 1.165) is 0 Å². The lowest BCUT2D eigenvalue weighted by atomic mass is 10.3. The fraction of sp³-hybridized carbons (Fsp3) is 0.200. The van der Waals surface area contributed by atoms with Gasteiger partial charge in [-0.1, -0.05) is 5.92 Å². The van der Waals surface area contributed by atoms with Crippen LogP contribution in [0.2, 0.25) is 0 Å². The molecule has 4 nitrogen and oxygen atoms in total. The van der Waals surface area contributed by atoms with Crippen molar-refractivity contribution >= 4 is 5.97 Å².